The Morgan fingerprint density at radius 1 is 1.07 bits per heavy atom. The second kappa shape index (κ2) is 3.38. The van der Waals surface area contributed by atoms with Crippen molar-refractivity contribution in [1.82, 2.24) is 0 Å². The van der Waals surface area contributed by atoms with E-state index in [1.165, 1.54) is 14.2 Å². The molecule has 2 rings (SSSR count). The molecule has 0 aliphatic heterocycles. The van der Waals surface area contributed by atoms with Crippen molar-refractivity contribution >= 4 is 11.6 Å². The number of ether oxygens (including phenoxy) is 2. The largest absolute Gasteiger partial charge is 0.496 e. The van der Waals surface area contributed by atoms with E-state index in [0.29, 0.717) is 22.6 Å². The van der Waals surface area contributed by atoms with Crippen LogP contribution in [0, 0.1) is 0 Å². The van der Waals surface area contributed by atoms with Crippen LogP contribution < -0.4 is 9.47 Å². The number of Topliss-reactive ketones (excluding diaryl/α,β-unsaturated/α-hetero) is 2. The number of fused-ring (bicyclic) bond motifs is 1. The smallest absolute Gasteiger partial charge is 0.233 e. The van der Waals surface area contributed by atoms with Crippen molar-refractivity contribution < 1.29 is 19.1 Å². The maximum Gasteiger partial charge on any atom is 0.233 e. The van der Waals surface area contributed by atoms with Crippen LogP contribution in [0.25, 0.3) is 0 Å². The van der Waals surface area contributed by atoms with Crippen LogP contribution in [0.1, 0.15) is 15.9 Å². The predicted molar refractivity (Wildman–Crippen MR) is 52.6 cm³/mol. The zero-order valence-corrected chi connectivity index (χ0v) is 8.49. The van der Waals surface area contributed by atoms with Crippen LogP contribution in [0.15, 0.2) is 12.1 Å². The highest BCUT2D eigenvalue weighted by Crippen LogP contribution is 2.35. The fraction of sp³-hybridized carbons (Fsp3) is 0.273. The van der Waals surface area contributed by atoms with E-state index in [-0.39, 0.29) is 6.42 Å². The number of rotatable bonds is 2. The summed E-state index contributed by atoms with van der Waals surface area (Å²) in [5, 5.41) is 0. The van der Waals surface area contributed by atoms with Gasteiger partial charge in [0, 0.05) is 12.0 Å². The lowest BCUT2D eigenvalue weighted by atomic mass is 10.1. The minimum absolute atomic E-state index is 0.106. The van der Waals surface area contributed by atoms with E-state index in [0.717, 1.165) is 0 Å². The van der Waals surface area contributed by atoms with Crippen LogP contribution >= 0.6 is 0 Å². The van der Waals surface area contributed by atoms with E-state index < -0.39 is 11.6 Å². The van der Waals surface area contributed by atoms with Crippen molar-refractivity contribution in [2.45, 2.75) is 6.42 Å². The summed E-state index contributed by atoms with van der Waals surface area (Å²) in [4.78, 5) is 22.9. The zero-order chi connectivity index (χ0) is 11.0. The maximum atomic E-state index is 11.6. The molecule has 0 saturated carbocycles. The van der Waals surface area contributed by atoms with Gasteiger partial charge in [-0.2, -0.15) is 0 Å². The highest BCUT2D eigenvalue weighted by Gasteiger charge is 2.33. The first-order valence-electron chi connectivity index (χ1n) is 4.50. The highest BCUT2D eigenvalue weighted by molar-refractivity contribution is 6.48. The number of hydrogen-bond donors (Lipinski definition) is 0. The van der Waals surface area contributed by atoms with Crippen LogP contribution in [0.5, 0.6) is 11.5 Å². The molecular weight excluding hydrogens is 196 g/mol. The van der Waals surface area contributed by atoms with E-state index in [2.05, 4.69) is 0 Å². The first kappa shape index (κ1) is 9.71. The van der Waals surface area contributed by atoms with Gasteiger partial charge in [0.15, 0.2) is 0 Å². The standard InChI is InChI=1S/C11H10O4/c1-14-8-3-4-9(15-2)10-6(8)5-7(12)11(10)13/h3-4H,5H2,1-2H3. The predicted octanol–water partition coefficient (Wildman–Crippen LogP) is 1.01. The third-order valence-electron chi connectivity index (χ3n) is 2.49. The molecule has 0 radical (unpaired) electrons. The van der Waals surface area contributed by atoms with Gasteiger partial charge in [-0.05, 0) is 12.1 Å². The van der Waals surface area contributed by atoms with E-state index in [1.807, 2.05) is 0 Å². The molecule has 0 atom stereocenters. The quantitative estimate of drug-likeness (QED) is 0.678. The van der Waals surface area contributed by atoms with Crippen molar-refractivity contribution in [2.75, 3.05) is 14.2 Å². The molecule has 0 heterocycles. The van der Waals surface area contributed by atoms with Gasteiger partial charge in [-0.25, -0.2) is 0 Å². The molecule has 0 spiro atoms. The molecule has 0 bridgehead atoms. The summed E-state index contributed by atoms with van der Waals surface area (Å²) < 4.78 is 10.1. The summed E-state index contributed by atoms with van der Waals surface area (Å²) in [5.74, 6) is 0.0974. The molecule has 4 nitrogen and oxygen atoms in total. The Bertz CT molecular complexity index is 448. The SMILES string of the molecule is COc1ccc(OC)c2c1CC(=O)C2=O. The average Bonchev–Trinajstić information content (AvgIpc) is 2.55. The van der Waals surface area contributed by atoms with E-state index in [1.54, 1.807) is 12.1 Å². The Morgan fingerprint density at radius 2 is 1.67 bits per heavy atom. The molecule has 1 aromatic rings. The molecule has 0 fully saturated rings. The minimum atomic E-state index is -0.485. The number of benzene rings is 1. The third-order valence-corrected chi connectivity index (χ3v) is 2.49. The van der Waals surface area contributed by atoms with E-state index >= 15 is 0 Å². The van der Waals surface area contributed by atoms with Gasteiger partial charge in [-0.1, -0.05) is 0 Å². The lowest BCUT2D eigenvalue weighted by Crippen LogP contribution is -2.06. The Kier molecular flexibility index (Phi) is 2.19. The van der Waals surface area contributed by atoms with Gasteiger partial charge in [-0.15, -0.1) is 0 Å². The van der Waals surface area contributed by atoms with Crippen LogP contribution in [0.4, 0.5) is 0 Å². The van der Waals surface area contributed by atoms with Crippen LogP contribution in [0.3, 0.4) is 0 Å². The number of methoxy groups -OCH3 is 2. The second-order valence-corrected chi connectivity index (χ2v) is 3.25. The Labute approximate surface area is 86.8 Å². The van der Waals surface area contributed by atoms with Gasteiger partial charge in [0.1, 0.15) is 11.5 Å². The summed E-state index contributed by atoms with van der Waals surface area (Å²) >= 11 is 0. The molecule has 78 valence electrons. The van der Waals surface area contributed by atoms with E-state index in [4.69, 9.17) is 9.47 Å². The molecule has 4 heteroatoms. The highest BCUT2D eigenvalue weighted by atomic mass is 16.5. The van der Waals surface area contributed by atoms with Crippen molar-refractivity contribution in [3.05, 3.63) is 23.3 Å². The molecule has 1 aliphatic carbocycles. The summed E-state index contributed by atoms with van der Waals surface area (Å²) in [5.41, 5.74) is 0.980. The molecule has 1 aliphatic rings. The van der Waals surface area contributed by atoms with E-state index in [9.17, 15) is 9.59 Å². The topological polar surface area (TPSA) is 52.6 Å². The minimum Gasteiger partial charge on any atom is -0.496 e. The van der Waals surface area contributed by atoms with Crippen molar-refractivity contribution in [3.8, 4) is 11.5 Å². The van der Waals surface area contributed by atoms with Gasteiger partial charge < -0.3 is 9.47 Å². The number of carbonyl (C=O) groups is 2. The van der Waals surface area contributed by atoms with Crippen LogP contribution in [-0.2, 0) is 11.2 Å². The number of ketones is 2. The fourth-order valence-electron chi connectivity index (χ4n) is 1.77. The summed E-state index contributed by atoms with van der Waals surface area (Å²) in [6.07, 6.45) is 0.106. The maximum absolute atomic E-state index is 11.6. The first-order valence-corrected chi connectivity index (χ1v) is 4.50. The Balaban J connectivity index is 2.67. The van der Waals surface area contributed by atoms with Crippen molar-refractivity contribution in [3.63, 3.8) is 0 Å². The second-order valence-electron chi connectivity index (χ2n) is 3.25. The first-order chi connectivity index (χ1) is 7.19. The number of hydrogen-bond acceptors (Lipinski definition) is 4. The number of carbonyl (C=O) groups excluding carboxylic acids is 2. The molecule has 0 unspecified atom stereocenters. The molecule has 0 saturated heterocycles. The third kappa shape index (κ3) is 1.29. The summed E-state index contributed by atoms with van der Waals surface area (Å²) in [6.45, 7) is 0. The Hall–Kier alpha value is -1.84. The summed E-state index contributed by atoms with van der Waals surface area (Å²) in [7, 11) is 2.98. The monoisotopic (exact) mass is 206 g/mol. The van der Waals surface area contributed by atoms with Gasteiger partial charge in [0.2, 0.25) is 11.6 Å². The van der Waals surface area contributed by atoms with Gasteiger partial charge in [0.25, 0.3) is 0 Å². The van der Waals surface area contributed by atoms with Gasteiger partial charge >= 0.3 is 0 Å². The van der Waals surface area contributed by atoms with Crippen LogP contribution in [0.2, 0.25) is 0 Å². The van der Waals surface area contributed by atoms with Gasteiger partial charge in [0.05, 0.1) is 19.8 Å². The Morgan fingerprint density at radius 3 is 2.27 bits per heavy atom. The van der Waals surface area contributed by atoms with Gasteiger partial charge in [-0.3, -0.25) is 9.59 Å². The molecule has 0 amide bonds. The lowest BCUT2D eigenvalue weighted by molar-refractivity contribution is -0.114. The van der Waals surface area contributed by atoms with Crippen molar-refractivity contribution in [1.29, 1.82) is 0 Å². The normalized spacial score (nSPS) is 14.0. The fourth-order valence-corrected chi connectivity index (χ4v) is 1.77. The molecule has 1 aromatic carbocycles. The zero-order valence-electron chi connectivity index (χ0n) is 8.49. The van der Waals surface area contributed by atoms with Crippen LogP contribution in [-0.4, -0.2) is 25.8 Å². The molecule has 15 heavy (non-hydrogen) atoms. The lowest BCUT2D eigenvalue weighted by Gasteiger charge is -2.09. The molecule has 0 aromatic heterocycles. The molecular formula is C11H10O4. The van der Waals surface area contributed by atoms with Crippen molar-refractivity contribution in [2.24, 2.45) is 0 Å². The summed E-state index contributed by atoms with van der Waals surface area (Å²) in [6, 6.07) is 3.33. The molecule has 0 N–H and O–H groups in total. The average molecular weight is 206 g/mol.